The molecule has 0 aliphatic heterocycles. The maximum absolute atomic E-state index is 9.61. The second-order valence-electron chi connectivity index (χ2n) is 10.4. The van der Waals surface area contributed by atoms with Crippen LogP contribution in [-0.4, -0.2) is 40.8 Å². The smallest absolute Gasteiger partial charge is 0.224 e. The van der Waals surface area contributed by atoms with E-state index in [1.807, 2.05) is 12.1 Å². The van der Waals surface area contributed by atoms with E-state index in [0.29, 0.717) is 48.3 Å². The molecule has 1 aromatic heterocycles. The molecule has 1 heterocycles. The van der Waals surface area contributed by atoms with Crippen LogP contribution in [0.25, 0.3) is 0 Å². The lowest BCUT2D eigenvalue weighted by atomic mass is 9.48. The highest BCUT2D eigenvalue weighted by Gasteiger charge is 2.54. The third-order valence-corrected chi connectivity index (χ3v) is 8.13. The van der Waals surface area contributed by atoms with Crippen molar-refractivity contribution in [1.82, 2.24) is 15.3 Å². The van der Waals surface area contributed by atoms with Crippen LogP contribution in [0.15, 0.2) is 30.5 Å². The molecule has 4 fully saturated rings. The number of aliphatic hydroxyl groups is 1. The van der Waals surface area contributed by atoms with Gasteiger partial charge in [-0.3, -0.25) is 0 Å². The topological polar surface area (TPSA) is 106 Å². The number of aryl methyl sites for hydroxylation is 1. The summed E-state index contributed by atoms with van der Waals surface area (Å²) < 4.78 is 0. The Labute approximate surface area is 196 Å². The van der Waals surface area contributed by atoms with E-state index in [9.17, 15) is 10.4 Å². The zero-order valence-corrected chi connectivity index (χ0v) is 19.3. The number of rotatable bonds is 9. The predicted molar refractivity (Wildman–Crippen MR) is 129 cm³/mol. The summed E-state index contributed by atoms with van der Waals surface area (Å²) in [4.78, 5) is 9.02. The molecule has 1 unspecified atom stereocenters. The van der Waals surface area contributed by atoms with Crippen molar-refractivity contribution in [2.45, 2.75) is 51.6 Å². The van der Waals surface area contributed by atoms with Gasteiger partial charge in [-0.15, -0.1) is 0 Å². The Morgan fingerprint density at radius 2 is 1.94 bits per heavy atom. The van der Waals surface area contributed by atoms with Crippen LogP contribution in [0.4, 0.5) is 11.8 Å². The number of anilines is 2. The van der Waals surface area contributed by atoms with Crippen LogP contribution in [0.5, 0.6) is 0 Å². The summed E-state index contributed by atoms with van der Waals surface area (Å²) >= 11 is 0. The SMILES string of the molecule is Cc1ccccc1CNc1ncc(C#N)c(NC[C@@]23CC4C[C@H](C2)[C@@H](NCCO)[C@@H](C4)C3)n1. The van der Waals surface area contributed by atoms with Gasteiger partial charge in [0.25, 0.3) is 0 Å². The van der Waals surface area contributed by atoms with E-state index < -0.39 is 0 Å². The fraction of sp³-hybridized carbons (Fsp3) is 0.577. The van der Waals surface area contributed by atoms with Crippen LogP contribution >= 0.6 is 0 Å². The number of nitrogens with zero attached hydrogens (tertiary/aromatic N) is 3. The van der Waals surface area contributed by atoms with E-state index >= 15 is 0 Å². The highest BCUT2D eigenvalue weighted by atomic mass is 16.3. The van der Waals surface area contributed by atoms with Crippen molar-refractivity contribution >= 4 is 11.8 Å². The number of aliphatic hydroxyl groups excluding tert-OH is 1. The second kappa shape index (κ2) is 9.28. The number of nitriles is 1. The van der Waals surface area contributed by atoms with Gasteiger partial charge in [0.2, 0.25) is 5.95 Å². The van der Waals surface area contributed by atoms with Gasteiger partial charge in [0.15, 0.2) is 0 Å². The van der Waals surface area contributed by atoms with Crippen molar-refractivity contribution in [3.8, 4) is 6.07 Å². The van der Waals surface area contributed by atoms with E-state index in [-0.39, 0.29) is 12.0 Å². The minimum atomic E-state index is 0.205. The molecule has 0 amide bonds. The van der Waals surface area contributed by atoms with Gasteiger partial charge in [0.05, 0.1) is 12.8 Å². The molecule has 1 aromatic carbocycles. The monoisotopic (exact) mass is 446 g/mol. The van der Waals surface area contributed by atoms with Crippen molar-refractivity contribution < 1.29 is 5.11 Å². The fourth-order valence-corrected chi connectivity index (χ4v) is 6.91. The maximum atomic E-state index is 9.61. The number of hydrogen-bond donors (Lipinski definition) is 4. The molecule has 174 valence electrons. The number of benzene rings is 1. The Kier molecular flexibility index (Phi) is 6.22. The van der Waals surface area contributed by atoms with Crippen molar-refractivity contribution in [1.29, 1.82) is 5.26 Å². The highest BCUT2D eigenvalue weighted by molar-refractivity contribution is 5.53. The largest absolute Gasteiger partial charge is 0.395 e. The minimum Gasteiger partial charge on any atom is -0.395 e. The van der Waals surface area contributed by atoms with Crippen LogP contribution in [-0.2, 0) is 6.54 Å². The Hall–Kier alpha value is -2.69. The summed E-state index contributed by atoms with van der Waals surface area (Å²) in [6.07, 6.45) is 7.93. The Balaban J connectivity index is 1.26. The highest BCUT2D eigenvalue weighted by Crippen LogP contribution is 2.60. The third-order valence-electron chi connectivity index (χ3n) is 8.13. The molecule has 0 radical (unpaired) electrons. The number of aromatic nitrogens is 2. The Bertz CT molecular complexity index is 1020. The van der Waals surface area contributed by atoms with E-state index in [4.69, 9.17) is 0 Å². The van der Waals surface area contributed by atoms with Crippen LogP contribution < -0.4 is 16.0 Å². The maximum Gasteiger partial charge on any atom is 0.224 e. The van der Waals surface area contributed by atoms with E-state index in [1.165, 1.54) is 43.2 Å². The van der Waals surface area contributed by atoms with E-state index in [2.05, 4.69) is 51.0 Å². The molecular formula is C26H34N6O. The predicted octanol–water partition coefficient (Wildman–Crippen LogP) is 3.46. The molecule has 4 saturated carbocycles. The molecule has 0 spiro atoms. The molecule has 0 saturated heterocycles. The fourth-order valence-electron chi connectivity index (χ4n) is 6.91. The molecule has 6 rings (SSSR count). The van der Waals surface area contributed by atoms with Crippen molar-refractivity contribution in [3.63, 3.8) is 0 Å². The molecule has 5 atom stereocenters. The molecule has 7 heteroatoms. The first kappa shape index (κ1) is 22.1. The average molecular weight is 447 g/mol. The second-order valence-corrected chi connectivity index (χ2v) is 10.4. The summed E-state index contributed by atoms with van der Waals surface area (Å²) in [6, 6.07) is 11.1. The molecular weight excluding hydrogens is 412 g/mol. The van der Waals surface area contributed by atoms with Gasteiger partial charge in [-0.1, -0.05) is 24.3 Å². The van der Waals surface area contributed by atoms with Gasteiger partial charge >= 0.3 is 0 Å². The van der Waals surface area contributed by atoms with Crippen LogP contribution in [0.2, 0.25) is 0 Å². The minimum absolute atomic E-state index is 0.205. The van der Waals surface area contributed by atoms with E-state index in [1.54, 1.807) is 6.20 Å². The van der Waals surface area contributed by atoms with Gasteiger partial charge in [-0.2, -0.15) is 10.2 Å². The number of hydrogen-bond acceptors (Lipinski definition) is 7. The lowest BCUT2D eigenvalue weighted by Crippen LogP contribution is -2.60. The molecule has 4 N–H and O–H groups in total. The zero-order chi connectivity index (χ0) is 22.8. The van der Waals surface area contributed by atoms with E-state index in [0.717, 1.165) is 12.5 Å². The van der Waals surface area contributed by atoms with Gasteiger partial charge in [-0.25, -0.2) is 4.98 Å². The van der Waals surface area contributed by atoms with Crippen molar-refractivity contribution in [2.24, 2.45) is 23.2 Å². The quantitative estimate of drug-likeness (QED) is 0.467. The van der Waals surface area contributed by atoms with Gasteiger partial charge in [0, 0.05) is 25.7 Å². The van der Waals surface area contributed by atoms with Crippen LogP contribution in [0.1, 0.15) is 48.8 Å². The number of nitrogens with one attached hydrogen (secondary N) is 3. The first-order chi connectivity index (χ1) is 16.1. The van der Waals surface area contributed by atoms with Crippen molar-refractivity contribution in [3.05, 3.63) is 47.2 Å². The summed E-state index contributed by atoms with van der Waals surface area (Å²) in [5.74, 6) is 3.36. The molecule has 7 nitrogen and oxygen atoms in total. The van der Waals surface area contributed by atoms with Gasteiger partial charge in [-0.05, 0) is 73.3 Å². The summed E-state index contributed by atoms with van der Waals surface area (Å²) in [5.41, 5.74) is 3.20. The van der Waals surface area contributed by atoms with Gasteiger partial charge < -0.3 is 21.1 Å². The lowest BCUT2D eigenvalue weighted by molar-refractivity contribution is -0.0698. The van der Waals surface area contributed by atoms with Crippen LogP contribution in [0.3, 0.4) is 0 Å². The average Bonchev–Trinajstić information content (AvgIpc) is 2.81. The lowest BCUT2D eigenvalue weighted by Gasteiger charge is -2.60. The molecule has 33 heavy (non-hydrogen) atoms. The Morgan fingerprint density at radius 3 is 2.67 bits per heavy atom. The Morgan fingerprint density at radius 1 is 1.15 bits per heavy atom. The summed E-state index contributed by atoms with van der Waals surface area (Å²) in [6.45, 7) is 4.50. The molecule has 4 aliphatic rings. The molecule has 4 bridgehead atoms. The van der Waals surface area contributed by atoms with Crippen LogP contribution in [0, 0.1) is 41.4 Å². The third kappa shape index (κ3) is 4.55. The first-order valence-corrected chi connectivity index (χ1v) is 12.2. The summed E-state index contributed by atoms with van der Waals surface area (Å²) in [7, 11) is 0. The van der Waals surface area contributed by atoms with Gasteiger partial charge in [0.1, 0.15) is 17.5 Å². The molecule has 2 aromatic rings. The summed E-state index contributed by atoms with van der Waals surface area (Å²) in [5, 5.41) is 29.4. The molecule has 4 aliphatic carbocycles. The first-order valence-electron chi connectivity index (χ1n) is 12.2. The van der Waals surface area contributed by atoms with Crippen molar-refractivity contribution in [2.75, 3.05) is 30.3 Å². The standard InChI is InChI=1S/C26H34N6O/c1-17-4-2-3-5-19(17)14-29-25-30-15-22(13-27)24(32-25)31-16-26-10-18-8-20(11-26)23(28-6-7-33)21(9-18)12-26/h2-5,15,18,20-21,23,28,33H,6-12,14,16H2,1H3,(H2,29,30,31,32)/t18?,20-,21+,23-,26+. The normalized spacial score (nSPS) is 29.6. The zero-order valence-electron chi connectivity index (χ0n) is 19.3.